The molecule has 160 valence electrons. The fourth-order valence-electron chi connectivity index (χ4n) is 3.86. The van der Waals surface area contributed by atoms with Crippen LogP contribution in [0.4, 0.5) is 0 Å². The summed E-state index contributed by atoms with van der Waals surface area (Å²) < 4.78 is 5.60. The summed E-state index contributed by atoms with van der Waals surface area (Å²) in [6.07, 6.45) is 6.60. The Bertz CT molecular complexity index is 444. The summed E-state index contributed by atoms with van der Waals surface area (Å²) >= 11 is 0. The molecule has 2 rings (SSSR count). The minimum atomic E-state index is 0. The lowest BCUT2D eigenvalue weighted by Crippen LogP contribution is -2.60. The third-order valence-electron chi connectivity index (χ3n) is 6.23. The van der Waals surface area contributed by atoms with Crippen LogP contribution in [0.3, 0.4) is 0 Å². The van der Waals surface area contributed by atoms with Gasteiger partial charge in [-0.25, -0.2) is 0 Å². The van der Waals surface area contributed by atoms with Crippen molar-refractivity contribution >= 4 is 29.9 Å². The second-order valence-electron chi connectivity index (χ2n) is 8.64. The van der Waals surface area contributed by atoms with Gasteiger partial charge in [-0.15, -0.1) is 24.0 Å². The maximum absolute atomic E-state index is 5.60. The summed E-state index contributed by atoms with van der Waals surface area (Å²) in [4.78, 5) is 9.79. The molecule has 2 fully saturated rings. The molecule has 0 spiro atoms. The number of hydrogen-bond acceptors (Lipinski definition) is 4. The topological polar surface area (TPSA) is 52.1 Å². The lowest BCUT2D eigenvalue weighted by atomic mass is 9.80. The van der Waals surface area contributed by atoms with E-state index in [2.05, 4.69) is 55.3 Å². The molecule has 0 aromatic heterocycles. The van der Waals surface area contributed by atoms with Gasteiger partial charge in [0.2, 0.25) is 0 Å². The van der Waals surface area contributed by atoms with Gasteiger partial charge in [0.05, 0.1) is 19.8 Å². The van der Waals surface area contributed by atoms with E-state index < -0.39 is 0 Å². The van der Waals surface area contributed by atoms with Crippen LogP contribution in [-0.4, -0.2) is 86.9 Å². The summed E-state index contributed by atoms with van der Waals surface area (Å²) in [6, 6.07) is 0. The van der Waals surface area contributed by atoms with Crippen LogP contribution in [0.25, 0.3) is 0 Å². The first-order chi connectivity index (χ1) is 12.4. The molecule has 1 aliphatic carbocycles. The highest BCUT2D eigenvalue weighted by molar-refractivity contribution is 14.0. The van der Waals surface area contributed by atoms with E-state index in [-0.39, 0.29) is 35.1 Å². The largest absolute Gasteiger partial charge is 0.379 e. The second kappa shape index (κ2) is 11.8. The number of nitrogens with one attached hydrogen (secondary N) is 2. The van der Waals surface area contributed by atoms with Crippen LogP contribution in [0.5, 0.6) is 0 Å². The Morgan fingerprint density at radius 1 is 1.11 bits per heavy atom. The van der Waals surface area contributed by atoms with E-state index in [9.17, 15) is 0 Å². The third kappa shape index (κ3) is 7.33. The van der Waals surface area contributed by atoms with Gasteiger partial charge in [-0.05, 0) is 47.7 Å². The van der Waals surface area contributed by atoms with Gasteiger partial charge in [-0.3, -0.25) is 9.89 Å². The van der Waals surface area contributed by atoms with E-state index in [1.165, 1.54) is 32.1 Å². The molecule has 0 atom stereocenters. The molecule has 0 radical (unpaired) electrons. The zero-order chi connectivity index (χ0) is 19.0. The molecule has 1 heterocycles. The average Bonchev–Trinajstić information content (AvgIpc) is 2.65. The number of nitrogens with zero attached hydrogens (tertiary/aromatic N) is 3. The number of aliphatic imine (C=N–C) groups is 1. The quantitative estimate of drug-likeness (QED) is 0.323. The average molecular weight is 495 g/mol. The van der Waals surface area contributed by atoms with Crippen molar-refractivity contribution in [3.05, 3.63) is 0 Å². The number of likely N-dealkylation sites (N-methyl/N-ethyl adjacent to an activating group) is 1. The maximum Gasteiger partial charge on any atom is 0.191 e. The molecular formula is C20H42IN5O. The third-order valence-corrected chi connectivity index (χ3v) is 6.23. The Morgan fingerprint density at radius 2 is 1.74 bits per heavy atom. The van der Waals surface area contributed by atoms with Crippen molar-refractivity contribution in [1.29, 1.82) is 0 Å². The lowest BCUT2D eigenvalue weighted by molar-refractivity contribution is -0.0352. The highest BCUT2D eigenvalue weighted by atomic mass is 127. The maximum atomic E-state index is 5.60. The van der Waals surface area contributed by atoms with Crippen LogP contribution in [0, 0.1) is 0 Å². The number of ether oxygens (including phenoxy) is 1. The highest BCUT2D eigenvalue weighted by Crippen LogP contribution is 2.33. The zero-order valence-electron chi connectivity index (χ0n) is 18.1. The first-order valence-corrected chi connectivity index (χ1v) is 10.4. The first kappa shape index (κ1) is 24.9. The van der Waals surface area contributed by atoms with Crippen molar-refractivity contribution in [1.82, 2.24) is 20.4 Å². The van der Waals surface area contributed by atoms with Crippen molar-refractivity contribution in [2.24, 2.45) is 4.99 Å². The fourth-order valence-corrected chi connectivity index (χ4v) is 3.86. The molecule has 1 aliphatic heterocycles. The molecule has 27 heavy (non-hydrogen) atoms. The number of rotatable bonds is 7. The minimum absolute atomic E-state index is 0. The van der Waals surface area contributed by atoms with E-state index in [1.807, 2.05) is 0 Å². The van der Waals surface area contributed by atoms with Crippen LogP contribution < -0.4 is 10.6 Å². The van der Waals surface area contributed by atoms with Crippen LogP contribution in [0.1, 0.15) is 52.9 Å². The van der Waals surface area contributed by atoms with Gasteiger partial charge in [-0.1, -0.05) is 19.3 Å². The standard InChI is InChI=1S/C20H41N5O.HI/c1-6-21-18(22-16-19(2,3)24(4)5)23-17-20(10-8-7-9-11-20)25-12-14-26-15-13-25;/h6-17H2,1-5H3,(H2,21,22,23);1H. The van der Waals surface area contributed by atoms with Crippen molar-refractivity contribution < 1.29 is 4.74 Å². The summed E-state index contributed by atoms with van der Waals surface area (Å²) in [5, 5.41) is 7.11. The van der Waals surface area contributed by atoms with E-state index in [0.717, 1.165) is 51.9 Å². The molecule has 2 aliphatic rings. The number of morpholine rings is 1. The van der Waals surface area contributed by atoms with Crippen LogP contribution >= 0.6 is 24.0 Å². The predicted octanol–water partition coefficient (Wildman–Crippen LogP) is 2.53. The Kier molecular flexibility index (Phi) is 10.9. The Labute approximate surface area is 183 Å². The molecule has 6 nitrogen and oxygen atoms in total. The monoisotopic (exact) mass is 495 g/mol. The van der Waals surface area contributed by atoms with Crippen molar-refractivity contribution in [2.45, 2.75) is 64.0 Å². The molecule has 0 bridgehead atoms. The summed E-state index contributed by atoms with van der Waals surface area (Å²) in [7, 11) is 4.23. The van der Waals surface area contributed by atoms with Gasteiger partial charge >= 0.3 is 0 Å². The summed E-state index contributed by atoms with van der Waals surface area (Å²) in [5.74, 6) is 0.945. The van der Waals surface area contributed by atoms with Gasteiger partial charge in [0.15, 0.2) is 5.96 Å². The predicted molar refractivity (Wildman–Crippen MR) is 125 cm³/mol. The molecule has 0 amide bonds. The van der Waals surface area contributed by atoms with Crippen LogP contribution in [0.2, 0.25) is 0 Å². The second-order valence-corrected chi connectivity index (χ2v) is 8.64. The van der Waals surface area contributed by atoms with Gasteiger partial charge < -0.3 is 20.3 Å². The van der Waals surface area contributed by atoms with E-state index in [0.29, 0.717) is 0 Å². The SMILES string of the molecule is CCNC(=NCC(C)(C)N(C)C)NCC1(N2CCOCC2)CCCCC1.I. The zero-order valence-corrected chi connectivity index (χ0v) is 20.5. The Hall–Kier alpha value is -0.120. The first-order valence-electron chi connectivity index (χ1n) is 10.4. The molecule has 1 saturated carbocycles. The van der Waals surface area contributed by atoms with Crippen LogP contribution in [0.15, 0.2) is 4.99 Å². The number of guanidine groups is 1. The normalized spacial score (nSPS) is 21.6. The van der Waals surface area contributed by atoms with Gasteiger partial charge in [0, 0.05) is 37.3 Å². The number of hydrogen-bond donors (Lipinski definition) is 2. The smallest absolute Gasteiger partial charge is 0.191 e. The Balaban J connectivity index is 0.00000364. The van der Waals surface area contributed by atoms with E-state index >= 15 is 0 Å². The minimum Gasteiger partial charge on any atom is -0.379 e. The Morgan fingerprint density at radius 3 is 2.30 bits per heavy atom. The lowest BCUT2D eigenvalue weighted by Gasteiger charge is -2.48. The molecule has 0 aromatic carbocycles. The van der Waals surface area contributed by atoms with Crippen molar-refractivity contribution in [3.63, 3.8) is 0 Å². The summed E-state index contributed by atoms with van der Waals surface area (Å²) in [6.45, 7) is 13.1. The molecule has 0 unspecified atom stereocenters. The van der Waals surface area contributed by atoms with Gasteiger partial charge in [0.25, 0.3) is 0 Å². The van der Waals surface area contributed by atoms with E-state index in [1.54, 1.807) is 0 Å². The number of halogens is 1. The molecule has 0 aromatic rings. The van der Waals surface area contributed by atoms with E-state index in [4.69, 9.17) is 9.73 Å². The van der Waals surface area contributed by atoms with Gasteiger partial charge in [0.1, 0.15) is 0 Å². The molecule has 1 saturated heterocycles. The summed E-state index contributed by atoms with van der Waals surface area (Å²) in [5.41, 5.74) is 0.310. The highest BCUT2D eigenvalue weighted by Gasteiger charge is 2.38. The molecule has 2 N–H and O–H groups in total. The fraction of sp³-hybridized carbons (Fsp3) is 0.950. The van der Waals surface area contributed by atoms with Crippen LogP contribution in [-0.2, 0) is 4.74 Å². The molecule has 7 heteroatoms. The molecular weight excluding hydrogens is 453 g/mol. The van der Waals surface area contributed by atoms with Crippen molar-refractivity contribution in [2.75, 3.05) is 60.0 Å². The van der Waals surface area contributed by atoms with Gasteiger partial charge in [-0.2, -0.15) is 0 Å². The van der Waals surface area contributed by atoms with Crippen molar-refractivity contribution in [3.8, 4) is 0 Å².